The van der Waals surface area contributed by atoms with Gasteiger partial charge in [0.25, 0.3) is 0 Å². The molecule has 7 nitrogen and oxygen atoms in total. The molecule has 0 aromatic heterocycles. The van der Waals surface area contributed by atoms with Gasteiger partial charge in [-0.2, -0.15) is 0 Å². The topological polar surface area (TPSA) is 109 Å². The molecule has 0 spiro atoms. The molecule has 0 saturated heterocycles. The van der Waals surface area contributed by atoms with Crippen LogP contribution in [0.4, 0.5) is 0 Å². The molecule has 4 N–H and O–H groups in total. The lowest BCUT2D eigenvalue weighted by Gasteiger charge is -2.26. The molecule has 2 rings (SSSR count). The summed E-state index contributed by atoms with van der Waals surface area (Å²) < 4.78 is 15.1. The Hall–Kier alpha value is -2.16. The number of rotatable bonds is 10. The SMILES string of the molecule is CC(O)Oc1ccc(C(C)(C)c2ccc(OC(C)O)cc2)cc1.OCCOCCO. The zero-order valence-corrected chi connectivity index (χ0v) is 18.1. The van der Waals surface area contributed by atoms with E-state index in [-0.39, 0.29) is 18.6 Å². The minimum Gasteiger partial charge on any atom is -0.465 e. The Morgan fingerprint density at radius 2 is 1.03 bits per heavy atom. The standard InChI is InChI=1S/C19H24O4.C4H10O3/c1-13(20)22-17-9-5-15(6-10-17)19(3,4)16-7-11-18(12-8-16)23-14(2)21;5-1-3-7-4-2-6/h5-14,20-21H,1-4H3;5-6H,1-4H2. The first-order valence-electron chi connectivity index (χ1n) is 9.90. The average Bonchev–Trinajstić information content (AvgIpc) is 2.69. The molecule has 2 atom stereocenters. The molecule has 0 aliphatic carbocycles. The van der Waals surface area contributed by atoms with Crippen molar-refractivity contribution in [1.29, 1.82) is 0 Å². The van der Waals surface area contributed by atoms with E-state index in [0.29, 0.717) is 24.7 Å². The molecule has 2 unspecified atom stereocenters. The fraction of sp³-hybridized carbons (Fsp3) is 0.478. The van der Waals surface area contributed by atoms with Crippen LogP contribution < -0.4 is 9.47 Å². The minimum absolute atomic E-state index is 0.0278. The fourth-order valence-electron chi connectivity index (χ4n) is 2.69. The number of benzene rings is 2. The van der Waals surface area contributed by atoms with Gasteiger partial charge in [-0.15, -0.1) is 0 Å². The van der Waals surface area contributed by atoms with Crippen LogP contribution >= 0.6 is 0 Å². The van der Waals surface area contributed by atoms with Gasteiger partial charge in [0.1, 0.15) is 11.5 Å². The molecule has 0 saturated carbocycles. The highest BCUT2D eigenvalue weighted by Gasteiger charge is 2.23. The normalized spacial score (nSPS) is 13.1. The lowest BCUT2D eigenvalue weighted by molar-refractivity contribution is -0.000873. The lowest BCUT2D eigenvalue weighted by Crippen LogP contribution is -2.19. The second-order valence-electron chi connectivity index (χ2n) is 7.17. The quantitative estimate of drug-likeness (QED) is 0.344. The third kappa shape index (κ3) is 9.11. The molecule has 0 amide bonds. The zero-order valence-electron chi connectivity index (χ0n) is 18.1. The van der Waals surface area contributed by atoms with Gasteiger partial charge in [-0.1, -0.05) is 38.1 Å². The molecule has 0 aliphatic heterocycles. The first-order chi connectivity index (χ1) is 14.2. The van der Waals surface area contributed by atoms with Crippen LogP contribution in [0.1, 0.15) is 38.8 Å². The maximum Gasteiger partial charge on any atom is 0.194 e. The zero-order chi connectivity index (χ0) is 22.6. The molecule has 7 heteroatoms. The molecule has 0 heterocycles. The van der Waals surface area contributed by atoms with Gasteiger partial charge in [0, 0.05) is 5.41 Å². The van der Waals surface area contributed by atoms with Crippen LogP contribution in [0, 0.1) is 0 Å². The Bertz CT molecular complexity index is 635. The Morgan fingerprint density at radius 3 is 1.30 bits per heavy atom. The second-order valence-corrected chi connectivity index (χ2v) is 7.17. The summed E-state index contributed by atoms with van der Waals surface area (Å²) in [5.74, 6) is 1.28. The highest BCUT2D eigenvalue weighted by atomic mass is 16.6. The van der Waals surface area contributed by atoms with Gasteiger partial charge in [-0.05, 0) is 49.2 Å². The Kier molecular flexibility index (Phi) is 11.4. The van der Waals surface area contributed by atoms with E-state index >= 15 is 0 Å². The van der Waals surface area contributed by atoms with Gasteiger partial charge in [-0.25, -0.2) is 0 Å². The van der Waals surface area contributed by atoms with Crippen LogP contribution in [0.2, 0.25) is 0 Å². The van der Waals surface area contributed by atoms with Crippen molar-refractivity contribution in [2.75, 3.05) is 26.4 Å². The van der Waals surface area contributed by atoms with Crippen molar-refractivity contribution in [1.82, 2.24) is 0 Å². The number of aliphatic hydroxyl groups excluding tert-OH is 4. The maximum atomic E-state index is 9.25. The fourth-order valence-corrected chi connectivity index (χ4v) is 2.69. The van der Waals surface area contributed by atoms with Crippen molar-refractivity contribution >= 4 is 0 Å². The van der Waals surface area contributed by atoms with E-state index in [0.717, 1.165) is 11.1 Å². The molecular formula is C23H34O7. The van der Waals surface area contributed by atoms with Crippen LogP contribution in [0.15, 0.2) is 48.5 Å². The summed E-state index contributed by atoms with van der Waals surface area (Å²) in [6.45, 7) is 8.13. The van der Waals surface area contributed by atoms with Crippen molar-refractivity contribution in [2.24, 2.45) is 0 Å². The summed E-state index contributed by atoms with van der Waals surface area (Å²) in [6, 6.07) is 15.4. The Morgan fingerprint density at radius 1 is 0.700 bits per heavy atom. The third-order valence-electron chi connectivity index (χ3n) is 4.24. The first-order valence-corrected chi connectivity index (χ1v) is 9.90. The predicted octanol–water partition coefficient (Wildman–Crippen LogP) is 2.43. The van der Waals surface area contributed by atoms with Gasteiger partial charge >= 0.3 is 0 Å². The van der Waals surface area contributed by atoms with Crippen molar-refractivity contribution in [3.63, 3.8) is 0 Å². The molecule has 0 bridgehead atoms. The molecule has 168 valence electrons. The van der Waals surface area contributed by atoms with Crippen LogP contribution in [0.3, 0.4) is 0 Å². The highest BCUT2D eigenvalue weighted by molar-refractivity contribution is 5.41. The monoisotopic (exact) mass is 422 g/mol. The number of aliphatic hydroxyl groups is 4. The number of hydrogen-bond donors (Lipinski definition) is 4. The van der Waals surface area contributed by atoms with Gasteiger partial charge < -0.3 is 34.6 Å². The van der Waals surface area contributed by atoms with E-state index in [2.05, 4.69) is 18.6 Å². The van der Waals surface area contributed by atoms with E-state index in [4.69, 9.17) is 19.7 Å². The molecule has 30 heavy (non-hydrogen) atoms. The van der Waals surface area contributed by atoms with Crippen LogP contribution in [-0.4, -0.2) is 59.4 Å². The molecule has 2 aromatic carbocycles. The summed E-state index contributed by atoms with van der Waals surface area (Å²) in [5.41, 5.74) is 2.09. The van der Waals surface area contributed by atoms with Crippen LogP contribution in [-0.2, 0) is 10.2 Å². The average molecular weight is 423 g/mol. The molecule has 2 aromatic rings. The van der Waals surface area contributed by atoms with E-state index < -0.39 is 12.6 Å². The largest absolute Gasteiger partial charge is 0.465 e. The minimum atomic E-state index is -0.824. The Labute approximate surface area is 178 Å². The van der Waals surface area contributed by atoms with Gasteiger partial charge in [0.05, 0.1) is 26.4 Å². The first kappa shape index (κ1) is 25.9. The van der Waals surface area contributed by atoms with Crippen molar-refractivity contribution in [2.45, 2.75) is 45.7 Å². The van der Waals surface area contributed by atoms with E-state index in [1.807, 2.05) is 48.5 Å². The van der Waals surface area contributed by atoms with Crippen LogP contribution in [0.25, 0.3) is 0 Å². The lowest BCUT2D eigenvalue weighted by atomic mass is 9.78. The summed E-state index contributed by atoms with van der Waals surface area (Å²) in [4.78, 5) is 0. The summed E-state index contributed by atoms with van der Waals surface area (Å²) >= 11 is 0. The van der Waals surface area contributed by atoms with E-state index in [1.54, 1.807) is 13.8 Å². The molecule has 0 radical (unpaired) electrons. The summed E-state index contributed by atoms with van der Waals surface area (Å²) in [5, 5.41) is 34.7. The predicted molar refractivity (Wildman–Crippen MR) is 115 cm³/mol. The highest BCUT2D eigenvalue weighted by Crippen LogP contribution is 2.33. The van der Waals surface area contributed by atoms with Crippen molar-refractivity contribution < 1.29 is 34.6 Å². The van der Waals surface area contributed by atoms with Crippen molar-refractivity contribution in [3.05, 3.63) is 59.7 Å². The summed E-state index contributed by atoms with van der Waals surface area (Å²) in [6.07, 6.45) is -1.65. The number of ether oxygens (including phenoxy) is 3. The van der Waals surface area contributed by atoms with E-state index in [9.17, 15) is 10.2 Å². The smallest absolute Gasteiger partial charge is 0.194 e. The molecular weight excluding hydrogens is 388 g/mol. The van der Waals surface area contributed by atoms with Crippen molar-refractivity contribution in [3.8, 4) is 11.5 Å². The second kappa shape index (κ2) is 13.2. The maximum absolute atomic E-state index is 9.25. The van der Waals surface area contributed by atoms with Gasteiger partial charge in [0.2, 0.25) is 0 Å². The Balaban J connectivity index is 0.000000553. The van der Waals surface area contributed by atoms with Gasteiger partial charge in [0.15, 0.2) is 12.6 Å². The third-order valence-corrected chi connectivity index (χ3v) is 4.24. The van der Waals surface area contributed by atoms with Gasteiger partial charge in [-0.3, -0.25) is 0 Å². The van der Waals surface area contributed by atoms with E-state index in [1.165, 1.54) is 0 Å². The summed E-state index contributed by atoms with van der Waals surface area (Å²) in [7, 11) is 0. The number of hydrogen-bond acceptors (Lipinski definition) is 7. The van der Waals surface area contributed by atoms with Crippen LogP contribution in [0.5, 0.6) is 11.5 Å². The molecule has 0 aliphatic rings. The molecule has 0 fully saturated rings.